The van der Waals surface area contributed by atoms with Gasteiger partial charge in [0.15, 0.2) is 5.78 Å². The Balaban J connectivity index is 2.30. The molecule has 0 aliphatic heterocycles. The molecule has 0 unspecified atom stereocenters. The predicted molar refractivity (Wildman–Crippen MR) is 86.8 cm³/mol. The highest BCUT2D eigenvalue weighted by Gasteiger charge is 2.14. The summed E-state index contributed by atoms with van der Waals surface area (Å²) in [6.07, 6.45) is 0. The van der Waals surface area contributed by atoms with E-state index in [4.69, 9.17) is 0 Å². The molecule has 3 heteroatoms. The first-order valence-corrected chi connectivity index (χ1v) is 6.78. The van der Waals surface area contributed by atoms with E-state index in [0.717, 1.165) is 5.69 Å². The molecule has 0 bridgehead atoms. The van der Waals surface area contributed by atoms with E-state index in [2.05, 4.69) is 0 Å². The lowest BCUT2D eigenvalue weighted by molar-refractivity contribution is 0.103. The largest absolute Gasteiger partial charge is 0.507 e. The van der Waals surface area contributed by atoms with Gasteiger partial charge >= 0.3 is 0 Å². The molecule has 3 nitrogen and oxygen atoms in total. The number of ketones is 1. The fourth-order valence-electron chi connectivity index (χ4n) is 2.05. The minimum Gasteiger partial charge on any atom is -0.507 e. The molecule has 0 heterocycles. The molecular formula is C18H19NO2. The minimum absolute atomic E-state index is 0.0253. The number of carbonyl (C=O) groups is 1. The van der Waals surface area contributed by atoms with Crippen molar-refractivity contribution in [1.82, 2.24) is 0 Å². The van der Waals surface area contributed by atoms with Crippen LogP contribution in [0.25, 0.3) is 5.76 Å². The van der Waals surface area contributed by atoms with Gasteiger partial charge in [-0.25, -0.2) is 0 Å². The number of aliphatic hydroxyl groups is 1. The monoisotopic (exact) mass is 281 g/mol. The lowest BCUT2D eigenvalue weighted by Crippen LogP contribution is -2.09. The van der Waals surface area contributed by atoms with Crippen molar-refractivity contribution in [2.75, 3.05) is 19.0 Å². The molecule has 0 amide bonds. The summed E-state index contributed by atoms with van der Waals surface area (Å²) in [5, 5.41) is 10.2. The molecule has 0 saturated heterocycles. The Kier molecular flexibility index (Phi) is 4.43. The van der Waals surface area contributed by atoms with Gasteiger partial charge in [-0.1, -0.05) is 30.3 Å². The van der Waals surface area contributed by atoms with Gasteiger partial charge in [-0.2, -0.15) is 0 Å². The van der Waals surface area contributed by atoms with Crippen LogP contribution >= 0.6 is 0 Å². The Morgan fingerprint density at radius 3 is 2.00 bits per heavy atom. The number of anilines is 1. The topological polar surface area (TPSA) is 40.5 Å². The van der Waals surface area contributed by atoms with Gasteiger partial charge in [0.25, 0.3) is 0 Å². The lowest BCUT2D eigenvalue weighted by atomic mass is 10.0. The van der Waals surface area contributed by atoms with Crippen LogP contribution in [0.5, 0.6) is 0 Å². The fraction of sp³-hybridized carbons (Fsp3) is 0.167. The van der Waals surface area contributed by atoms with Crippen molar-refractivity contribution < 1.29 is 9.90 Å². The van der Waals surface area contributed by atoms with Crippen molar-refractivity contribution in [3.8, 4) is 0 Å². The maximum Gasteiger partial charge on any atom is 0.192 e. The Morgan fingerprint density at radius 2 is 1.48 bits per heavy atom. The maximum atomic E-state index is 12.4. The van der Waals surface area contributed by atoms with Gasteiger partial charge in [-0.3, -0.25) is 4.79 Å². The van der Waals surface area contributed by atoms with Crippen molar-refractivity contribution in [3.05, 3.63) is 71.3 Å². The molecule has 0 aliphatic rings. The first-order chi connectivity index (χ1) is 10.0. The van der Waals surface area contributed by atoms with Gasteiger partial charge < -0.3 is 10.0 Å². The second-order valence-electron chi connectivity index (χ2n) is 5.11. The Bertz CT molecular complexity index is 655. The van der Waals surface area contributed by atoms with E-state index in [0.29, 0.717) is 16.7 Å². The van der Waals surface area contributed by atoms with Crippen LogP contribution in [0, 0.1) is 0 Å². The van der Waals surface area contributed by atoms with Crippen molar-refractivity contribution in [1.29, 1.82) is 0 Å². The highest BCUT2D eigenvalue weighted by atomic mass is 16.3. The minimum atomic E-state index is -0.165. The quantitative estimate of drug-likeness (QED) is 0.524. The molecule has 0 radical (unpaired) electrons. The highest BCUT2D eigenvalue weighted by Crippen LogP contribution is 2.20. The number of benzene rings is 2. The zero-order valence-corrected chi connectivity index (χ0v) is 12.5. The Hall–Kier alpha value is -2.55. The lowest BCUT2D eigenvalue weighted by Gasteiger charge is -2.12. The molecule has 0 fully saturated rings. The Labute approximate surface area is 125 Å². The van der Waals surface area contributed by atoms with E-state index >= 15 is 0 Å². The molecular weight excluding hydrogens is 262 g/mol. The van der Waals surface area contributed by atoms with Crippen LogP contribution in [0.15, 0.2) is 60.2 Å². The standard InChI is InChI=1S/C18H19NO2/c1-13(17(20)14-7-5-4-6-8-14)18(21)15-9-11-16(12-10-15)19(2)3/h4-12,20H,1-3H3/b17-13-. The number of nitrogens with zero attached hydrogens (tertiary/aromatic N) is 1. The van der Waals surface area contributed by atoms with Crippen LogP contribution in [0.4, 0.5) is 5.69 Å². The molecule has 21 heavy (non-hydrogen) atoms. The molecule has 0 aliphatic carbocycles. The summed E-state index contributed by atoms with van der Waals surface area (Å²) in [5.41, 5.74) is 2.59. The smallest absolute Gasteiger partial charge is 0.192 e. The number of Topliss-reactive ketones (excluding diaryl/α,β-unsaturated/α-hetero) is 1. The summed E-state index contributed by atoms with van der Waals surface area (Å²) >= 11 is 0. The van der Waals surface area contributed by atoms with Crippen LogP contribution in [0.3, 0.4) is 0 Å². The van der Waals surface area contributed by atoms with E-state index in [-0.39, 0.29) is 11.5 Å². The summed E-state index contributed by atoms with van der Waals surface area (Å²) in [6, 6.07) is 16.4. The van der Waals surface area contributed by atoms with Gasteiger partial charge in [-0.15, -0.1) is 0 Å². The predicted octanol–water partition coefficient (Wildman–Crippen LogP) is 3.92. The van der Waals surface area contributed by atoms with E-state index in [9.17, 15) is 9.90 Å². The van der Waals surface area contributed by atoms with Gasteiger partial charge in [0.1, 0.15) is 5.76 Å². The van der Waals surface area contributed by atoms with E-state index in [1.807, 2.05) is 49.3 Å². The molecule has 0 atom stereocenters. The summed E-state index contributed by atoms with van der Waals surface area (Å²) < 4.78 is 0. The number of rotatable bonds is 4. The first-order valence-electron chi connectivity index (χ1n) is 6.78. The van der Waals surface area contributed by atoms with Crippen LogP contribution in [0.2, 0.25) is 0 Å². The molecule has 2 rings (SSSR count). The van der Waals surface area contributed by atoms with E-state index < -0.39 is 0 Å². The van der Waals surface area contributed by atoms with Crippen molar-refractivity contribution in [2.24, 2.45) is 0 Å². The van der Waals surface area contributed by atoms with Gasteiger partial charge in [0.2, 0.25) is 0 Å². The summed E-state index contributed by atoms with van der Waals surface area (Å²) in [4.78, 5) is 14.4. The van der Waals surface area contributed by atoms with E-state index in [1.54, 1.807) is 31.2 Å². The summed E-state index contributed by atoms with van der Waals surface area (Å²) in [7, 11) is 3.90. The molecule has 0 aromatic heterocycles. The molecule has 2 aromatic rings. The van der Waals surface area contributed by atoms with Gasteiger partial charge in [-0.05, 0) is 31.2 Å². The molecule has 2 aromatic carbocycles. The van der Waals surface area contributed by atoms with E-state index in [1.165, 1.54) is 0 Å². The third kappa shape index (κ3) is 3.31. The van der Waals surface area contributed by atoms with Crippen molar-refractivity contribution in [3.63, 3.8) is 0 Å². The van der Waals surface area contributed by atoms with Crippen molar-refractivity contribution >= 4 is 17.2 Å². The second-order valence-corrected chi connectivity index (χ2v) is 5.11. The third-order valence-electron chi connectivity index (χ3n) is 3.39. The van der Waals surface area contributed by atoms with Crippen LogP contribution in [-0.2, 0) is 0 Å². The highest BCUT2D eigenvalue weighted by molar-refractivity contribution is 6.12. The zero-order valence-electron chi connectivity index (χ0n) is 12.5. The molecule has 0 saturated carbocycles. The van der Waals surface area contributed by atoms with Gasteiger partial charge in [0, 0.05) is 36.5 Å². The number of carbonyl (C=O) groups excluding carboxylic acids is 1. The molecule has 0 spiro atoms. The maximum absolute atomic E-state index is 12.4. The van der Waals surface area contributed by atoms with Crippen molar-refractivity contribution in [2.45, 2.75) is 6.92 Å². The number of hydrogen-bond acceptors (Lipinski definition) is 3. The first kappa shape index (κ1) is 14.9. The number of allylic oxidation sites excluding steroid dienone is 1. The zero-order chi connectivity index (χ0) is 15.4. The summed E-state index contributed by atoms with van der Waals surface area (Å²) in [5.74, 6) is -0.140. The molecule has 1 N–H and O–H groups in total. The third-order valence-corrected chi connectivity index (χ3v) is 3.39. The molecule has 108 valence electrons. The number of hydrogen-bond donors (Lipinski definition) is 1. The second kappa shape index (κ2) is 6.27. The van der Waals surface area contributed by atoms with Crippen LogP contribution in [0.1, 0.15) is 22.8 Å². The van der Waals surface area contributed by atoms with Gasteiger partial charge in [0.05, 0.1) is 0 Å². The van der Waals surface area contributed by atoms with Crippen LogP contribution in [-0.4, -0.2) is 25.0 Å². The average Bonchev–Trinajstić information content (AvgIpc) is 2.53. The van der Waals surface area contributed by atoms with Crippen LogP contribution < -0.4 is 4.90 Å². The normalized spacial score (nSPS) is 11.8. The SMILES string of the molecule is C/C(C(=O)c1ccc(N(C)C)cc1)=C(/O)c1ccccc1. The average molecular weight is 281 g/mol. The Morgan fingerprint density at radius 1 is 0.905 bits per heavy atom. The fourth-order valence-corrected chi connectivity index (χ4v) is 2.05. The summed E-state index contributed by atoms with van der Waals surface area (Å²) in [6.45, 7) is 1.64. The number of aliphatic hydroxyl groups excluding tert-OH is 1.